The second kappa shape index (κ2) is 6.15. The van der Waals surface area contributed by atoms with Crippen LogP contribution in [0.1, 0.15) is 0 Å². The van der Waals surface area contributed by atoms with Crippen molar-refractivity contribution in [2.24, 2.45) is 0 Å². The van der Waals surface area contributed by atoms with E-state index in [0.717, 1.165) is 0 Å². The van der Waals surface area contributed by atoms with Gasteiger partial charge >= 0.3 is 38.1 Å². The SMILES string of the molecule is C=CC#N.[CH3][Sn]([CH3])([CH3])[CH3]. The summed E-state index contributed by atoms with van der Waals surface area (Å²) in [6, 6.07) is 1.69. The fourth-order valence-electron chi connectivity index (χ4n) is 0. The molecule has 0 saturated heterocycles. The Kier molecular flexibility index (Phi) is 8.05. The van der Waals surface area contributed by atoms with E-state index in [0.29, 0.717) is 0 Å². The van der Waals surface area contributed by atoms with E-state index in [-0.39, 0.29) is 0 Å². The molecular weight excluding hydrogens is 217 g/mol. The molecule has 0 amide bonds. The molecule has 0 aliphatic heterocycles. The van der Waals surface area contributed by atoms with Crippen molar-refractivity contribution in [3.63, 3.8) is 0 Å². The molecular formula is C7H15NSn. The van der Waals surface area contributed by atoms with Gasteiger partial charge in [0.1, 0.15) is 0 Å². The van der Waals surface area contributed by atoms with Crippen molar-refractivity contribution in [1.82, 2.24) is 0 Å². The second-order valence-electron chi connectivity index (χ2n) is 3.33. The van der Waals surface area contributed by atoms with Crippen molar-refractivity contribution in [1.29, 1.82) is 5.26 Å². The van der Waals surface area contributed by atoms with Crippen LogP contribution in [0.2, 0.25) is 19.8 Å². The van der Waals surface area contributed by atoms with Crippen LogP contribution in [0.4, 0.5) is 0 Å². The molecule has 0 aliphatic rings. The molecule has 0 aromatic heterocycles. The zero-order chi connectivity index (χ0) is 7.91. The summed E-state index contributed by atoms with van der Waals surface area (Å²) in [5.41, 5.74) is 0. The summed E-state index contributed by atoms with van der Waals surface area (Å²) < 4.78 is 0. The average Bonchev–Trinajstić information content (AvgIpc) is 1.61. The van der Waals surface area contributed by atoms with Crippen molar-refractivity contribution in [2.45, 2.75) is 19.8 Å². The Hall–Kier alpha value is 0.0287. The van der Waals surface area contributed by atoms with Crippen LogP contribution < -0.4 is 0 Å². The van der Waals surface area contributed by atoms with E-state index in [9.17, 15) is 0 Å². The first kappa shape index (κ1) is 11.8. The molecule has 0 bridgehead atoms. The predicted molar refractivity (Wildman–Crippen MR) is 45.0 cm³/mol. The third-order valence-corrected chi connectivity index (χ3v) is 0.0913. The van der Waals surface area contributed by atoms with Crippen LogP contribution in [0.3, 0.4) is 0 Å². The molecule has 0 radical (unpaired) electrons. The normalized spacial score (nSPS) is 8.33. The predicted octanol–water partition coefficient (Wildman–Crippen LogP) is 2.65. The minimum absolute atomic E-state index is 1.18. The van der Waals surface area contributed by atoms with Gasteiger partial charge in [0.2, 0.25) is 0 Å². The Bertz CT molecular complexity index is 99.1. The zero-order valence-electron chi connectivity index (χ0n) is 6.73. The quantitative estimate of drug-likeness (QED) is 0.465. The summed E-state index contributed by atoms with van der Waals surface area (Å²) in [5.74, 6) is 0. The first-order valence-electron chi connectivity index (χ1n) is 2.92. The summed E-state index contributed by atoms with van der Waals surface area (Å²) in [6.07, 6.45) is 1.18. The summed E-state index contributed by atoms with van der Waals surface area (Å²) in [6.45, 7) is 3.12. The maximum absolute atomic E-state index is 7.51. The Morgan fingerprint density at radius 2 is 1.44 bits per heavy atom. The van der Waals surface area contributed by atoms with Crippen LogP contribution in [0.5, 0.6) is 0 Å². The van der Waals surface area contributed by atoms with Gasteiger partial charge in [-0.25, -0.2) is 0 Å². The van der Waals surface area contributed by atoms with Gasteiger partial charge in [-0.15, -0.1) is 0 Å². The summed E-state index contributed by atoms with van der Waals surface area (Å²) in [4.78, 5) is 9.59. The Labute approximate surface area is 62.3 Å². The maximum atomic E-state index is 7.51. The molecule has 0 fully saturated rings. The summed E-state index contributed by atoms with van der Waals surface area (Å²) in [7, 11) is 0. The topological polar surface area (TPSA) is 23.8 Å². The van der Waals surface area contributed by atoms with Gasteiger partial charge in [0.25, 0.3) is 0 Å². The molecule has 0 unspecified atom stereocenters. The third kappa shape index (κ3) is 276. The van der Waals surface area contributed by atoms with E-state index in [1.54, 1.807) is 6.07 Å². The number of hydrogen-bond donors (Lipinski definition) is 0. The first-order valence-corrected chi connectivity index (χ1v) is 14.3. The molecule has 0 aliphatic carbocycles. The minimum atomic E-state index is -1.18. The average molecular weight is 232 g/mol. The van der Waals surface area contributed by atoms with Gasteiger partial charge in [0, 0.05) is 6.08 Å². The molecule has 0 spiro atoms. The summed E-state index contributed by atoms with van der Waals surface area (Å²) in [5, 5.41) is 7.51. The van der Waals surface area contributed by atoms with Crippen molar-refractivity contribution < 1.29 is 0 Å². The van der Waals surface area contributed by atoms with E-state index < -0.39 is 18.4 Å². The Morgan fingerprint density at radius 1 is 1.33 bits per heavy atom. The van der Waals surface area contributed by atoms with Crippen molar-refractivity contribution >= 4 is 18.4 Å². The molecule has 0 atom stereocenters. The molecule has 0 saturated carbocycles. The van der Waals surface area contributed by atoms with Crippen molar-refractivity contribution in [2.75, 3.05) is 0 Å². The standard InChI is InChI=1S/C3H3N.4CH3.Sn/c1-2-3-4;;;;;/h2H,1H2;4*1H3;. The summed E-state index contributed by atoms with van der Waals surface area (Å²) >= 11 is -1.18. The Morgan fingerprint density at radius 3 is 1.44 bits per heavy atom. The van der Waals surface area contributed by atoms with Gasteiger partial charge < -0.3 is 0 Å². The van der Waals surface area contributed by atoms with Crippen LogP contribution in [0.15, 0.2) is 12.7 Å². The van der Waals surface area contributed by atoms with Crippen LogP contribution >= 0.6 is 0 Å². The van der Waals surface area contributed by atoms with Gasteiger partial charge in [-0.05, 0) is 0 Å². The first-order chi connectivity index (χ1) is 3.91. The number of hydrogen-bond acceptors (Lipinski definition) is 1. The van der Waals surface area contributed by atoms with Gasteiger partial charge in [0.05, 0.1) is 6.07 Å². The van der Waals surface area contributed by atoms with E-state index in [2.05, 4.69) is 26.3 Å². The molecule has 0 rings (SSSR count). The van der Waals surface area contributed by atoms with Crippen LogP contribution in [-0.4, -0.2) is 18.4 Å². The van der Waals surface area contributed by atoms with Crippen molar-refractivity contribution in [3.8, 4) is 6.07 Å². The van der Waals surface area contributed by atoms with Gasteiger partial charge in [-0.2, -0.15) is 5.26 Å². The van der Waals surface area contributed by atoms with Gasteiger partial charge in [-0.3, -0.25) is 0 Å². The molecule has 0 aromatic rings. The number of rotatable bonds is 0. The Balaban J connectivity index is 0. The number of nitriles is 1. The molecule has 9 heavy (non-hydrogen) atoms. The molecule has 0 heterocycles. The molecule has 2 heteroatoms. The molecule has 0 aromatic carbocycles. The molecule has 0 N–H and O–H groups in total. The van der Waals surface area contributed by atoms with Gasteiger partial charge in [-0.1, -0.05) is 6.58 Å². The monoisotopic (exact) mass is 233 g/mol. The number of allylic oxidation sites excluding steroid dienone is 1. The van der Waals surface area contributed by atoms with Crippen LogP contribution in [-0.2, 0) is 0 Å². The third-order valence-electron chi connectivity index (χ3n) is 0.0913. The number of nitrogens with zero attached hydrogens (tertiary/aromatic N) is 1. The van der Waals surface area contributed by atoms with E-state index >= 15 is 0 Å². The molecule has 1 nitrogen and oxygen atoms in total. The fourth-order valence-corrected chi connectivity index (χ4v) is 0. The van der Waals surface area contributed by atoms with E-state index in [1.807, 2.05) is 0 Å². The van der Waals surface area contributed by atoms with Crippen molar-refractivity contribution in [3.05, 3.63) is 12.7 Å². The second-order valence-corrected chi connectivity index (χ2v) is 20.5. The van der Waals surface area contributed by atoms with Crippen LogP contribution in [0, 0.1) is 11.3 Å². The molecule has 52 valence electrons. The fraction of sp³-hybridized carbons (Fsp3) is 0.571. The zero-order valence-corrected chi connectivity index (χ0v) is 9.59. The van der Waals surface area contributed by atoms with Gasteiger partial charge in [0.15, 0.2) is 0 Å². The van der Waals surface area contributed by atoms with E-state index in [4.69, 9.17) is 5.26 Å². The van der Waals surface area contributed by atoms with E-state index in [1.165, 1.54) is 6.08 Å². The van der Waals surface area contributed by atoms with Crippen LogP contribution in [0.25, 0.3) is 0 Å².